The van der Waals surface area contributed by atoms with Gasteiger partial charge in [-0.2, -0.15) is 0 Å². The van der Waals surface area contributed by atoms with Crippen LogP contribution in [0.15, 0.2) is 35.2 Å². The number of hydrogen-bond acceptors (Lipinski definition) is 3. The largest absolute Gasteiger partial charge is 0.335 e. The molecule has 1 aliphatic rings. The van der Waals surface area contributed by atoms with E-state index >= 15 is 0 Å². The molecular weight excluding hydrogens is 326 g/mol. The van der Waals surface area contributed by atoms with Crippen molar-refractivity contribution in [3.63, 3.8) is 0 Å². The van der Waals surface area contributed by atoms with Crippen molar-refractivity contribution in [3.05, 3.63) is 30.3 Å². The minimum absolute atomic E-state index is 0.0481. The molecule has 1 aliphatic heterocycles. The van der Waals surface area contributed by atoms with Gasteiger partial charge in [0.15, 0.2) is 0 Å². The molecule has 0 atom stereocenters. The SMILES string of the molecule is CCC(CC)NC(=O)N1CCC(NS(=O)(=O)c2ccccc2)CC1. The summed E-state index contributed by atoms with van der Waals surface area (Å²) >= 11 is 0. The van der Waals surface area contributed by atoms with Gasteiger partial charge in [0.25, 0.3) is 0 Å². The lowest BCUT2D eigenvalue weighted by Gasteiger charge is -2.33. The average molecular weight is 353 g/mol. The normalized spacial score (nSPS) is 16.4. The second kappa shape index (κ2) is 8.48. The van der Waals surface area contributed by atoms with Crippen LogP contribution in [0, 0.1) is 0 Å². The van der Waals surface area contributed by atoms with Gasteiger partial charge in [-0.1, -0.05) is 32.0 Å². The molecule has 2 rings (SSSR count). The molecule has 1 aromatic carbocycles. The summed E-state index contributed by atoms with van der Waals surface area (Å²) in [5.74, 6) is 0. The number of carbonyl (C=O) groups is 1. The van der Waals surface area contributed by atoms with Gasteiger partial charge >= 0.3 is 6.03 Å². The standard InChI is InChI=1S/C17H27N3O3S/c1-3-14(4-2)18-17(21)20-12-10-15(11-13-20)19-24(22,23)16-8-6-5-7-9-16/h5-9,14-15,19H,3-4,10-13H2,1-2H3,(H,18,21). The Hall–Kier alpha value is -1.60. The minimum atomic E-state index is -3.49. The summed E-state index contributed by atoms with van der Waals surface area (Å²) in [5.41, 5.74) is 0. The van der Waals surface area contributed by atoms with E-state index in [0.29, 0.717) is 25.9 Å². The Kier molecular flexibility index (Phi) is 6.62. The molecule has 2 amide bonds. The van der Waals surface area contributed by atoms with Crippen LogP contribution < -0.4 is 10.0 Å². The Balaban J connectivity index is 1.86. The van der Waals surface area contributed by atoms with Crippen LogP contribution in [0.25, 0.3) is 0 Å². The maximum absolute atomic E-state index is 12.3. The number of carbonyl (C=O) groups excluding carboxylic acids is 1. The van der Waals surface area contributed by atoms with E-state index < -0.39 is 10.0 Å². The molecule has 1 heterocycles. The van der Waals surface area contributed by atoms with Crippen LogP contribution in [0.4, 0.5) is 4.79 Å². The average Bonchev–Trinajstić information content (AvgIpc) is 2.60. The fourth-order valence-electron chi connectivity index (χ4n) is 2.85. The number of benzene rings is 1. The zero-order valence-electron chi connectivity index (χ0n) is 14.4. The third-order valence-electron chi connectivity index (χ3n) is 4.47. The lowest BCUT2D eigenvalue weighted by molar-refractivity contribution is 0.175. The van der Waals surface area contributed by atoms with Crippen LogP contribution in [0.2, 0.25) is 0 Å². The Labute approximate surface area is 144 Å². The number of amides is 2. The van der Waals surface area contributed by atoms with E-state index in [9.17, 15) is 13.2 Å². The molecule has 0 bridgehead atoms. The molecule has 134 valence electrons. The smallest absolute Gasteiger partial charge is 0.317 e. The van der Waals surface area contributed by atoms with Gasteiger partial charge in [0.2, 0.25) is 10.0 Å². The summed E-state index contributed by atoms with van der Waals surface area (Å²) < 4.78 is 27.4. The van der Waals surface area contributed by atoms with E-state index in [4.69, 9.17) is 0 Å². The maximum Gasteiger partial charge on any atom is 0.317 e. The fourth-order valence-corrected chi connectivity index (χ4v) is 4.17. The number of nitrogens with zero attached hydrogens (tertiary/aromatic N) is 1. The van der Waals surface area contributed by atoms with Gasteiger partial charge in [-0.3, -0.25) is 0 Å². The molecule has 6 nitrogen and oxygen atoms in total. The molecule has 0 saturated carbocycles. The zero-order valence-corrected chi connectivity index (χ0v) is 15.2. The van der Waals surface area contributed by atoms with Crippen LogP contribution >= 0.6 is 0 Å². The Morgan fingerprint density at radius 3 is 2.29 bits per heavy atom. The topological polar surface area (TPSA) is 78.5 Å². The highest BCUT2D eigenvalue weighted by Gasteiger charge is 2.27. The van der Waals surface area contributed by atoms with Gasteiger partial charge in [0.1, 0.15) is 0 Å². The highest BCUT2D eigenvalue weighted by Crippen LogP contribution is 2.15. The molecule has 0 aliphatic carbocycles. The monoisotopic (exact) mass is 353 g/mol. The number of hydrogen-bond donors (Lipinski definition) is 2. The number of likely N-dealkylation sites (tertiary alicyclic amines) is 1. The first-order chi connectivity index (χ1) is 11.5. The third kappa shape index (κ3) is 4.95. The van der Waals surface area contributed by atoms with Crippen molar-refractivity contribution >= 4 is 16.1 Å². The Morgan fingerprint density at radius 1 is 1.17 bits per heavy atom. The van der Waals surface area contributed by atoms with Gasteiger partial charge in [0, 0.05) is 25.2 Å². The first-order valence-electron chi connectivity index (χ1n) is 8.59. The second-order valence-electron chi connectivity index (χ2n) is 6.16. The van der Waals surface area contributed by atoms with Crippen molar-refractivity contribution in [1.82, 2.24) is 14.9 Å². The molecule has 0 radical (unpaired) electrons. The lowest BCUT2D eigenvalue weighted by atomic mass is 10.1. The summed E-state index contributed by atoms with van der Waals surface area (Å²) in [7, 11) is -3.49. The minimum Gasteiger partial charge on any atom is -0.335 e. The highest BCUT2D eigenvalue weighted by molar-refractivity contribution is 7.89. The van der Waals surface area contributed by atoms with Crippen molar-refractivity contribution in [2.75, 3.05) is 13.1 Å². The predicted octanol–water partition coefficient (Wildman–Crippen LogP) is 2.33. The van der Waals surface area contributed by atoms with E-state index in [1.807, 2.05) is 0 Å². The third-order valence-corrected chi connectivity index (χ3v) is 6.01. The predicted molar refractivity (Wildman–Crippen MR) is 94.3 cm³/mol. The van der Waals surface area contributed by atoms with E-state index in [1.165, 1.54) is 0 Å². The molecule has 0 spiro atoms. The molecule has 2 N–H and O–H groups in total. The molecule has 1 fully saturated rings. The van der Waals surface area contributed by atoms with Gasteiger partial charge in [0.05, 0.1) is 4.90 Å². The zero-order chi connectivity index (χ0) is 17.6. The Morgan fingerprint density at radius 2 is 1.75 bits per heavy atom. The van der Waals surface area contributed by atoms with E-state index in [2.05, 4.69) is 23.9 Å². The summed E-state index contributed by atoms with van der Waals surface area (Å²) in [5, 5.41) is 3.02. The fraction of sp³-hybridized carbons (Fsp3) is 0.588. The van der Waals surface area contributed by atoms with E-state index in [1.54, 1.807) is 35.2 Å². The molecule has 1 saturated heterocycles. The number of urea groups is 1. The maximum atomic E-state index is 12.3. The lowest BCUT2D eigenvalue weighted by Crippen LogP contribution is -2.51. The summed E-state index contributed by atoms with van der Waals surface area (Å²) in [6, 6.07) is 8.39. The first-order valence-corrected chi connectivity index (χ1v) is 10.1. The molecule has 0 aromatic heterocycles. The first kappa shape index (κ1) is 18.7. The van der Waals surface area contributed by atoms with Crippen LogP contribution in [0.3, 0.4) is 0 Å². The number of sulfonamides is 1. The number of piperidine rings is 1. The highest BCUT2D eigenvalue weighted by atomic mass is 32.2. The van der Waals surface area contributed by atoms with Crippen LogP contribution in [0.1, 0.15) is 39.5 Å². The molecule has 24 heavy (non-hydrogen) atoms. The van der Waals surface area contributed by atoms with Crippen molar-refractivity contribution < 1.29 is 13.2 Å². The van der Waals surface area contributed by atoms with E-state index in [-0.39, 0.29) is 23.0 Å². The quantitative estimate of drug-likeness (QED) is 0.824. The summed E-state index contributed by atoms with van der Waals surface area (Å²) in [6.45, 7) is 5.24. The van der Waals surface area contributed by atoms with Gasteiger partial charge in [-0.05, 0) is 37.8 Å². The molecule has 1 aromatic rings. The van der Waals surface area contributed by atoms with E-state index in [0.717, 1.165) is 12.8 Å². The molecular formula is C17H27N3O3S. The van der Waals surface area contributed by atoms with Gasteiger partial charge < -0.3 is 10.2 Å². The van der Waals surface area contributed by atoms with Crippen LogP contribution in [-0.4, -0.2) is 44.5 Å². The van der Waals surface area contributed by atoms with Crippen LogP contribution in [-0.2, 0) is 10.0 Å². The van der Waals surface area contributed by atoms with Crippen molar-refractivity contribution in [1.29, 1.82) is 0 Å². The summed E-state index contributed by atoms with van der Waals surface area (Å²) in [4.78, 5) is 14.3. The number of nitrogens with one attached hydrogen (secondary N) is 2. The second-order valence-corrected chi connectivity index (χ2v) is 7.87. The molecule has 7 heteroatoms. The van der Waals surface area contributed by atoms with Gasteiger partial charge in [-0.15, -0.1) is 0 Å². The molecule has 0 unspecified atom stereocenters. The van der Waals surface area contributed by atoms with Crippen molar-refractivity contribution in [2.45, 2.75) is 56.5 Å². The van der Waals surface area contributed by atoms with Crippen LogP contribution in [0.5, 0.6) is 0 Å². The Bertz CT molecular complexity index is 622. The van der Waals surface area contributed by atoms with Crippen molar-refractivity contribution in [3.8, 4) is 0 Å². The van der Waals surface area contributed by atoms with Crippen molar-refractivity contribution in [2.24, 2.45) is 0 Å². The number of rotatable bonds is 6. The summed E-state index contributed by atoms with van der Waals surface area (Å²) in [6.07, 6.45) is 3.08. The van der Waals surface area contributed by atoms with Gasteiger partial charge in [-0.25, -0.2) is 17.9 Å².